The third-order valence-electron chi connectivity index (χ3n) is 5.47. The van der Waals surface area contributed by atoms with Gasteiger partial charge in [0, 0.05) is 30.9 Å². The molecule has 5 N–H and O–H groups in total. The smallest absolute Gasteiger partial charge is 0.397 e. The number of nitrogens with two attached hydrogens (primary N) is 2. The van der Waals surface area contributed by atoms with Crippen LogP contribution in [-0.4, -0.2) is 35.0 Å². The zero-order valence-electron chi connectivity index (χ0n) is 17.6. The minimum absolute atomic E-state index is 0.0388. The van der Waals surface area contributed by atoms with E-state index in [4.69, 9.17) is 11.5 Å². The van der Waals surface area contributed by atoms with Crippen LogP contribution in [-0.2, 0) is 6.18 Å². The van der Waals surface area contributed by atoms with Crippen LogP contribution < -0.4 is 21.7 Å². The van der Waals surface area contributed by atoms with Gasteiger partial charge in [-0.05, 0) is 43.2 Å². The molecule has 0 unspecified atom stereocenters. The number of benzene rings is 1. The summed E-state index contributed by atoms with van der Waals surface area (Å²) in [6.07, 6.45) is 0.542. The van der Waals surface area contributed by atoms with Gasteiger partial charge in [-0.25, -0.2) is 4.98 Å². The number of piperidine rings is 1. The Hall–Kier alpha value is -3.66. The minimum atomic E-state index is -4.49. The van der Waals surface area contributed by atoms with E-state index < -0.39 is 17.6 Å². The average Bonchev–Trinajstić information content (AvgIpc) is 2.79. The van der Waals surface area contributed by atoms with E-state index in [1.54, 1.807) is 12.3 Å². The van der Waals surface area contributed by atoms with E-state index >= 15 is 0 Å². The Morgan fingerprint density at radius 1 is 1.18 bits per heavy atom. The summed E-state index contributed by atoms with van der Waals surface area (Å²) in [5, 5.41) is 2.79. The van der Waals surface area contributed by atoms with Gasteiger partial charge in [-0.3, -0.25) is 9.78 Å². The molecule has 0 spiro atoms. The highest BCUT2D eigenvalue weighted by atomic mass is 19.4. The molecule has 7 nitrogen and oxygen atoms in total. The summed E-state index contributed by atoms with van der Waals surface area (Å²) < 4.78 is 39.3. The lowest BCUT2D eigenvalue weighted by Crippen LogP contribution is -2.43. The van der Waals surface area contributed by atoms with Crippen molar-refractivity contribution in [2.24, 2.45) is 5.73 Å². The number of amides is 1. The second-order valence-electron chi connectivity index (χ2n) is 7.91. The Morgan fingerprint density at radius 3 is 2.76 bits per heavy atom. The maximum Gasteiger partial charge on any atom is 0.416 e. The summed E-state index contributed by atoms with van der Waals surface area (Å²) >= 11 is 0. The Balaban J connectivity index is 1.62. The summed E-state index contributed by atoms with van der Waals surface area (Å²) in [6.45, 7) is 1.45. The first-order valence-corrected chi connectivity index (χ1v) is 10.4. The number of hydrogen-bond acceptors (Lipinski definition) is 6. The second kappa shape index (κ2) is 9.07. The van der Waals surface area contributed by atoms with Crippen molar-refractivity contribution < 1.29 is 18.0 Å². The molecule has 1 amide bonds. The number of nitrogen functional groups attached to an aromatic ring is 1. The van der Waals surface area contributed by atoms with Gasteiger partial charge in [-0.1, -0.05) is 12.1 Å². The molecule has 1 fully saturated rings. The third-order valence-corrected chi connectivity index (χ3v) is 5.47. The van der Waals surface area contributed by atoms with Crippen LogP contribution in [0, 0.1) is 0 Å². The van der Waals surface area contributed by atoms with Crippen LogP contribution >= 0.6 is 0 Å². The number of halogens is 3. The molecule has 1 aliphatic heterocycles. The molecule has 1 saturated heterocycles. The molecule has 10 heteroatoms. The Kier molecular flexibility index (Phi) is 6.19. The molecule has 1 atom stereocenters. The largest absolute Gasteiger partial charge is 0.416 e. The molecule has 33 heavy (non-hydrogen) atoms. The van der Waals surface area contributed by atoms with Crippen molar-refractivity contribution in [1.82, 2.24) is 9.97 Å². The molecule has 172 valence electrons. The van der Waals surface area contributed by atoms with Gasteiger partial charge in [0.05, 0.1) is 34.5 Å². The van der Waals surface area contributed by atoms with Gasteiger partial charge in [-0.15, -0.1) is 0 Å². The van der Waals surface area contributed by atoms with Crippen LogP contribution in [0.25, 0.3) is 11.3 Å². The molecule has 0 aliphatic carbocycles. The number of rotatable bonds is 4. The maximum absolute atomic E-state index is 13.1. The van der Waals surface area contributed by atoms with Crippen molar-refractivity contribution >= 4 is 23.0 Å². The molecular weight excluding hydrogens is 433 g/mol. The van der Waals surface area contributed by atoms with Crippen molar-refractivity contribution in [3.8, 4) is 11.3 Å². The average molecular weight is 456 g/mol. The number of carbonyl (C=O) groups excluding carboxylic acids is 1. The van der Waals surface area contributed by atoms with Gasteiger partial charge in [0.2, 0.25) is 0 Å². The minimum Gasteiger partial charge on any atom is -0.397 e. The third kappa shape index (κ3) is 5.06. The van der Waals surface area contributed by atoms with Crippen molar-refractivity contribution in [3.63, 3.8) is 0 Å². The molecule has 0 radical (unpaired) electrons. The first-order chi connectivity index (χ1) is 15.7. The van der Waals surface area contributed by atoms with Gasteiger partial charge < -0.3 is 21.7 Å². The van der Waals surface area contributed by atoms with Crippen molar-refractivity contribution in [1.29, 1.82) is 0 Å². The SMILES string of the molecule is Nc1ccc(-c2cccc(C(F)(F)F)c2)nc1C(=O)Nc1cnccc1N1CCC[C@H](N)C1. The van der Waals surface area contributed by atoms with Crippen LogP contribution in [0.3, 0.4) is 0 Å². The fourth-order valence-electron chi connectivity index (χ4n) is 3.84. The summed E-state index contributed by atoms with van der Waals surface area (Å²) in [7, 11) is 0. The van der Waals surface area contributed by atoms with Crippen LogP contribution in [0.1, 0.15) is 28.9 Å². The second-order valence-corrected chi connectivity index (χ2v) is 7.91. The van der Waals surface area contributed by atoms with E-state index in [0.29, 0.717) is 12.2 Å². The highest BCUT2D eigenvalue weighted by Gasteiger charge is 2.30. The highest BCUT2D eigenvalue weighted by molar-refractivity contribution is 6.07. The topological polar surface area (TPSA) is 110 Å². The van der Waals surface area contributed by atoms with Gasteiger partial charge in [-0.2, -0.15) is 13.2 Å². The monoisotopic (exact) mass is 456 g/mol. The summed E-state index contributed by atoms with van der Waals surface area (Å²) in [5.74, 6) is -0.586. The van der Waals surface area contributed by atoms with Gasteiger partial charge in [0.1, 0.15) is 0 Å². The van der Waals surface area contributed by atoms with E-state index in [9.17, 15) is 18.0 Å². The fourth-order valence-corrected chi connectivity index (χ4v) is 3.84. The zero-order valence-corrected chi connectivity index (χ0v) is 17.6. The van der Waals surface area contributed by atoms with E-state index in [-0.39, 0.29) is 28.7 Å². The van der Waals surface area contributed by atoms with E-state index in [1.807, 2.05) is 0 Å². The lowest BCUT2D eigenvalue weighted by molar-refractivity contribution is -0.137. The summed E-state index contributed by atoms with van der Waals surface area (Å²) in [4.78, 5) is 23.5. The maximum atomic E-state index is 13.1. The number of carbonyl (C=O) groups is 1. The van der Waals surface area contributed by atoms with Gasteiger partial charge in [0.15, 0.2) is 5.69 Å². The molecular formula is C23H23F3N6O. The van der Waals surface area contributed by atoms with Crippen LogP contribution in [0.15, 0.2) is 54.9 Å². The first-order valence-electron chi connectivity index (χ1n) is 10.4. The summed E-state index contributed by atoms with van der Waals surface area (Å²) in [5.41, 5.74) is 13.0. The number of anilines is 3. The normalized spacial score (nSPS) is 16.5. The Bertz CT molecular complexity index is 1170. The molecule has 3 aromatic rings. The van der Waals surface area contributed by atoms with Crippen LogP contribution in [0.2, 0.25) is 0 Å². The number of nitrogens with one attached hydrogen (secondary N) is 1. The number of aromatic nitrogens is 2. The lowest BCUT2D eigenvalue weighted by Gasteiger charge is -2.33. The van der Waals surface area contributed by atoms with Crippen molar-refractivity contribution in [2.45, 2.75) is 25.1 Å². The van der Waals surface area contributed by atoms with E-state index in [0.717, 1.165) is 37.2 Å². The van der Waals surface area contributed by atoms with Crippen LogP contribution in [0.4, 0.5) is 30.2 Å². The lowest BCUT2D eigenvalue weighted by atomic mass is 10.1. The molecule has 0 saturated carbocycles. The van der Waals surface area contributed by atoms with E-state index in [2.05, 4.69) is 20.2 Å². The first kappa shape index (κ1) is 22.5. The number of nitrogens with zero attached hydrogens (tertiary/aromatic N) is 3. The molecule has 2 aromatic heterocycles. The molecule has 1 aromatic carbocycles. The fraction of sp³-hybridized carbons (Fsp3) is 0.261. The van der Waals surface area contributed by atoms with Crippen molar-refractivity contribution in [2.75, 3.05) is 29.0 Å². The van der Waals surface area contributed by atoms with Gasteiger partial charge in [0.25, 0.3) is 5.91 Å². The zero-order chi connectivity index (χ0) is 23.6. The quantitative estimate of drug-likeness (QED) is 0.549. The molecule has 1 aliphatic rings. The number of alkyl halides is 3. The van der Waals surface area contributed by atoms with Gasteiger partial charge >= 0.3 is 6.18 Å². The number of hydrogen-bond donors (Lipinski definition) is 3. The predicted molar refractivity (Wildman–Crippen MR) is 121 cm³/mol. The Labute approximate surface area is 188 Å². The number of pyridine rings is 2. The molecule has 3 heterocycles. The van der Waals surface area contributed by atoms with Crippen LogP contribution in [0.5, 0.6) is 0 Å². The summed E-state index contributed by atoms with van der Waals surface area (Å²) in [6, 6.07) is 9.51. The molecule has 4 rings (SSSR count). The highest BCUT2D eigenvalue weighted by Crippen LogP contribution is 2.32. The van der Waals surface area contributed by atoms with E-state index in [1.165, 1.54) is 30.5 Å². The molecule has 0 bridgehead atoms. The predicted octanol–water partition coefficient (Wildman–Crippen LogP) is 3.92. The Morgan fingerprint density at radius 2 is 2.00 bits per heavy atom. The van der Waals surface area contributed by atoms with Crippen molar-refractivity contribution in [3.05, 3.63) is 66.1 Å². The standard InChI is InChI=1S/C23H23F3N6O/c24-23(25,26)15-4-1-3-14(11-15)18-7-6-17(28)21(30-18)22(33)31-19-12-29-9-8-20(19)32-10-2-5-16(27)13-32/h1,3-4,6-9,11-12,16H,2,5,10,13,27-28H2,(H,31,33)/t16-/m0/s1.